The molecule has 0 saturated carbocycles. The molecule has 3 aromatic carbocycles. The lowest BCUT2D eigenvalue weighted by molar-refractivity contribution is -0.142. The third-order valence-electron chi connectivity index (χ3n) is 14.3. The van der Waals surface area contributed by atoms with E-state index in [0.29, 0.717) is 11.1 Å². The van der Waals surface area contributed by atoms with Gasteiger partial charge in [-0.2, -0.15) is 0 Å². The number of rotatable bonds is 30. The molecule has 31 nitrogen and oxygen atoms in total. The Morgan fingerprint density at radius 3 is 1.96 bits per heavy atom. The number of aromatic hydroxyl groups is 1. The number of phenolic OH excluding ortho intramolecular Hbond substituents is 1. The van der Waals surface area contributed by atoms with E-state index in [0.717, 1.165) is 29.7 Å². The van der Waals surface area contributed by atoms with Gasteiger partial charge in [0.15, 0.2) is 5.96 Å². The summed E-state index contributed by atoms with van der Waals surface area (Å²) in [6.07, 6.45) is -4.49. The number of β-amino-alcohol motifs (C(OH)–C–C–N with tert-alkyl or cyclic N) is 1. The smallest absolute Gasteiger partial charge is 0.334 e. The molecule has 0 aliphatic carbocycles. The maximum Gasteiger partial charge on any atom is 0.334 e. The fraction of sp³-hybridized carbons (Fsp3) is 0.448. The molecule has 4 aromatic rings. The Balaban J connectivity index is 1.29. The van der Waals surface area contributed by atoms with Crippen LogP contribution in [0.25, 0.3) is 10.9 Å². The Labute approximate surface area is 511 Å². The minimum Gasteiger partial charge on any atom is -0.508 e. The number of phenols is 1. The molecule has 1 saturated heterocycles. The van der Waals surface area contributed by atoms with Crippen molar-refractivity contribution in [3.8, 4) is 5.75 Å². The van der Waals surface area contributed by atoms with E-state index in [4.69, 9.17) is 16.9 Å². The fourth-order valence-electron chi connectivity index (χ4n) is 9.79. The number of guanidine groups is 1. The highest BCUT2D eigenvalue weighted by molar-refractivity contribution is 5.99. The number of carbonyl (C=O) groups excluding carboxylic acids is 11. The lowest BCUT2D eigenvalue weighted by atomic mass is 10.0. The number of aliphatic hydroxyl groups is 3. The summed E-state index contributed by atoms with van der Waals surface area (Å²) in [7, 11) is 1.53. The Morgan fingerprint density at radius 1 is 0.697 bits per heavy atom. The molecule has 12 amide bonds. The standard InChI is InChI=1S/C58H80N16O15/c1-29(2)22-41(51(83)66-39(16-11-21-63-57(61)62-5)50(82)67-40(49(60)81)24-34-27-64-38-15-10-9-14-37(34)38)69-58(89)73-72-55(87)47(48(80)33-12-7-6-8-13-33)71-54(86)46(30(3)75)70-52(84)42(26-45(59)79)68-53(85)44-25-36(78)28-74(44)56(88)43(65-31(4)76)23-32-17-19-35(77)20-18-32/h6-10,12-15,17-20,27,29-30,36,39-44,46-48,64,75,77-78,80H,11,16,21-26,28H2,1-5H3,(H2,59,79)(H2,60,81)(H,65,76)(H,66,83)(H,67,82)(H,68,85)(H,70,84)(H,71,86)(H,72,87)(H3,61,62,63)(H2,69,73,89)/t30-,36-,39+,40+,41+,42+,43-,44+,46+,47+,48+/m1/s1. The van der Waals surface area contributed by atoms with Crippen LogP contribution in [0.4, 0.5) is 4.79 Å². The van der Waals surface area contributed by atoms with Gasteiger partial charge in [0.2, 0.25) is 53.2 Å². The number of fused-ring (bicyclic) bond motifs is 1. The van der Waals surface area contributed by atoms with Gasteiger partial charge in [-0.05, 0) is 67.0 Å². The summed E-state index contributed by atoms with van der Waals surface area (Å²) < 4.78 is 0. The normalized spacial score (nSPS) is 16.7. The molecule has 482 valence electrons. The molecule has 89 heavy (non-hydrogen) atoms. The monoisotopic (exact) mass is 1240 g/mol. The number of amides is 12. The minimum absolute atomic E-state index is 0.00273. The van der Waals surface area contributed by atoms with E-state index in [1.165, 1.54) is 55.6 Å². The lowest BCUT2D eigenvalue weighted by Gasteiger charge is -2.30. The molecule has 0 bridgehead atoms. The number of aromatic amines is 1. The molecule has 1 fully saturated rings. The predicted octanol–water partition coefficient (Wildman–Crippen LogP) is -3.71. The number of para-hydroxylation sites is 1. The Bertz CT molecular complexity index is 3160. The number of nitrogens with one attached hydrogen (secondary N) is 13. The molecule has 0 radical (unpaired) electrons. The zero-order chi connectivity index (χ0) is 65.6. The van der Waals surface area contributed by atoms with Crippen LogP contribution in [0.5, 0.6) is 5.75 Å². The summed E-state index contributed by atoms with van der Waals surface area (Å²) in [4.78, 5) is 153. The van der Waals surface area contributed by atoms with E-state index < -0.39 is 138 Å². The second kappa shape index (κ2) is 33.3. The molecule has 0 spiro atoms. The number of likely N-dealkylation sites (tertiary alicyclic amines) is 1. The molecule has 1 aromatic heterocycles. The number of carbonyl (C=O) groups is 11. The molecule has 31 heteroatoms. The van der Waals surface area contributed by atoms with E-state index in [-0.39, 0.29) is 74.8 Å². The zero-order valence-electron chi connectivity index (χ0n) is 49.8. The topological polar surface area (TPSA) is 496 Å². The number of nitrogens with zero attached hydrogens (tertiary/aromatic N) is 1. The number of hydrogen-bond acceptors (Lipinski definition) is 16. The van der Waals surface area contributed by atoms with Crippen LogP contribution in [-0.4, -0.2) is 182 Å². The van der Waals surface area contributed by atoms with Gasteiger partial charge in [0.25, 0.3) is 5.91 Å². The largest absolute Gasteiger partial charge is 0.508 e. The van der Waals surface area contributed by atoms with E-state index in [2.05, 4.69) is 63.7 Å². The van der Waals surface area contributed by atoms with Crippen molar-refractivity contribution in [2.45, 2.75) is 139 Å². The third-order valence-corrected chi connectivity index (χ3v) is 14.3. The van der Waals surface area contributed by atoms with Crippen LogP contribution < -0.4 is 70.2 Å². The quantitative estimate of drug-likeness (QED) is 0.0103. The predicted molar refractivity (Wildman–Crippen MR) is 320 cm³/mol. The summed E-state index contributed by atoms with van der Waals surface area (Å²) >= 11 is 0. The number of aliphatic hydroxyl groups excluding tert-OH is 3. The van der Waals surface area contributed by atoms with E-state index in [1.54, 1.807) is 32.2 Å². The van der Waals surface area contributed by atoms with Gasteiger partial charge < -0.3 is 89.6 Å². The second-order valence-corrected chi connectivity index (χ2v) is 21.9. The van der Waals surface area contributed by atoms with Crippen molar-refractivity contribution in [1.82, 2.24) is 68.6 Å². The van der Waals surface area contributed by atoms with Crippen LogP contribution in [0.2, 0.25) is 0 Å². The maximum absolute atomic E-state index is 14.1. The molecule has 2 heterocycles. The Kier molecular flexibility index (Phi) is 26.1. The maximum atomic E-state index is 14.1. The number of nitrogens with two attached hydrogens (primary N) is 2. The second-order valence-electron chi connectivity index (χ2n) is 21.9. The van der Waals surface area contributed by atoms with Crippen LogP contribution in [0.3, 0.4) is 0 Å². The first-order chi connectivity index (χ1) is 42.1. The van der Waals surface area contributed by atoms with Gasteiger partial charge in [-0.15, -0.1) is 0 Å². The molecular formula is C58H80N16O15. The average molecular weight is 1240 g/mol. The first-order valence-electron chi connectivity index (χ1n) is 28.6. The first-order valence-corrected chi connectivity index (χ1v) is 28.6. The number of hydrogen-bond donors (Lipinski definition) is 19. The highest BCUT2D eigenvalue weighted by Gasteiger charge is 2.43. The molecular weight excluding hydrogens is 1160 g/mol. The highest BCUT2D eigenvalue weighted by atomic mass is 16.3. The van der Waals surface area contributed by atoms with E-state index in [9.17, 15) is 73.2 Å². The van der Waals surface area contributed by atoms with Gasteiger partial charge >= 0.3 is 6.03 Å². The van der Waals surface area contributed by atoms with Crippen LogP contribution in [0.1, 0.15) is 82.6 Å². The molecule has 5 rings (SSSR count). The number of primary amides is 2. The summed E-state index contributed by atoms with van der Waals surface area (Å²) in [6.45, 7) is 5.49. The molecule has 11 atom stereocenters. The summed E-state index contributed by atoms with van der Waals surface area (Å²) in [5.74, 6) is -10.4. The Morgan fingerprint density at radius 2 is 1.33 bits per heavy atom. The van der Waals surface area contributed by atoms with Crippen LogP contribution in [0.15, 0.2) is 85.1 Å². The molecule has 0 unspecified atom stereocenters. The van der Waals surface area contributed by atoms with Crippen LogP contribution >= 0.6 is 0 Å². The van der Waals surface area contributed by atoms with Gasteiger partial charge in [0, 0.05) is 63.4 Å². The first kappa shape index (κ1) is 69.9. The number of benzene rings is 3. The highest BCUT2D eigenvalue weighted by Crippen LogP contribution is 2.23. The van der Waals surface area contributed by atoms with Gasteiger partial charge in [-0.25, -0.2) is 10.2 Å². The molecule has 1 aliphatic rings. The fourth-order valence-corrected chi connectivity index (χ4v) is 9.79. The number of urea groups is 1. The van der Waals surface area contributed by atoms with Crippen molar-refractivity contribution in [2.24, 2.45) is 17.4 Å². The van der Waals surface area contributed by atoms with Gasteiger partial charge in [-0.1, -0.05) is 74.5 Å². The Hall–Kier alpha value is -9.88. The summed E-state index contributed by atoms with van der Waals surface area (Å²) in [5.41, 5.74) is 17.4. The van der Waals surface area contributed by atoms with Crippen LogP contribution in [0, 0.1) is 11.3 Å². The van der Waals surface area contributed by atoms with Crippen molar-refractivity contribution in [3.63, 3.8) is 0 Å². The number of aromatic nitrogens is 1. The lowest BCUT2D eigenvalue weighted by Crippen LogP contribution is -2.63. The molecule has 21 N–H and O–H groups in total. The van der Waals surface area contributed by atoms with Gasteiger partial charge in [-0.3, -0.25) is 58.8 Å². The average Bonchev–Trinajstić information content (AvgIpc) is 2.20. The summed E-state index contributed by atoms with van der Waals surface area (Å²) in [6, 6.07) is 6.55. The van der Waals surface area contributed by atoms with Crippen molar-refractivity contribution >= 4 is 82.0 Å². The molecule has 1 aliphatic heterocycles. The minimum atomic E-state index is -2.04. The third kappa shape index (κ3) is 21.2. The number of hydrazine groups is 1. The zero-order valence-corrected chi connectivity index (χ0v) is 49.8. The van der Waals surface area contributed by atoms with Crippen molar-refractivity contribution in [1.29, 1.82) is 5.41 Å². The van der Waals surface area contributed by atoms with Gasteiger partial charge in [0.1, 0.15) is 60.2 Å². The van der Waals surface area contributed by atoms with Crippen molar-refractivity contribution in [2.75, 3.05) is 20.1 Å². The van der Waals surface area contributed by atoms with E-state index >= 15 is 0 Å². The SMILES string of the molecule is CNC(=N)NCCC[C@H](NC(=O)[C@H](CC(C)C)NC(=O)NNC(=O)[C@@H](NC(=O)[C@@H](NC(=O)[C@H](CC(N)=O)NC(=O)[C@@H]1C[C@@H](O)CN1C(=O)[C@@H](Cc1ccc(O)cc1)NC(C)=O)[C@@H](C)O)[C@@H](O)c1ccccc1)C(=O)N[C@@H](Cc1c[nH]c2ccccc12)C(N)=O. The summed E-state index contributed by atoms with van der Waals surface area (Å²) in [5, 5.41) is 74.0. The van der Waals surface area contributed by atoms with Crippen molar-refractivity contribution in [3.05, 3.63) is 102 Å². The van der Waals surface area contributed by atoms with Crippen LogP contribution in [-0.2, 0) is 60.8 Å². The van der Waals surface area contributed by atoms with Gasteiger partial charge in [0.05, 0.1) is 18.6 Å². The number of H-pyrrole nitrogens is 1. The van der Waals surface area contributed by atoms with E-state index in [1.807, 2.05) is 18.2 Å². The van der Waals surface area contributed by atoms with Crippen molar-refractivity contribution < 1.29 is 73.2 Å².